The van der Waals surface area contributed by atoms with Crippen molar-refractivity contribution in [2.45, 2.75) is 50.4 Å². The van der Waals surface area contributed by atoms with Crippen LogP contribution < -0.4 is 0 Å². The third kappa shape index (κ3) is 1.18. The molecule has 2 aliphatic rings. The summed E-state index contributed by atoms with van der Waals surface area (Å²) in [5.74, 6) is 0. The van der Waals surface area contributed by atoms with Gasteiger partial charge in [0.15, 0.2) is 0 Å². The van der Waals surface area contributed by atoms with E-state index in [0.717, 1.165) is 6.42 Å². The molecule has 0 spiro atoms. The highest BCUT2D eigenvalue weighted by Gasteiger charge is 2.43. The lowest BCUT2D eigenvalue weighted by Crippen LogP contribution is -2.18. The number of hydrogen-bond acceptors (Lipinski definition) is 2. The van der Waals surface area contributed by atoms with Gasteiger partial charge in [-0.15, -0.1) is 0 Å². The van der Waals surface area contributed by atoms with E-state index < -0.39 is 0 Å². The van der Waals surface area contributed by atoms with Crippen molar-refractivity contribution in [2.24, 2.45) is 0 Å². The van der Waals surface area contributed by atoms with Gasteiger partial charge in [-0.2, -0.15) is 0 Å². The summed E-state index contributed by atoms with van der Waals surface area (Å²) in [6, 6.07) is 0. The van der Waals surface area contributed by atoms with Crippen molar-refractivity contribution in [1.29, 1.82) is 0 Å². The topological polar surface area (TPSA) is 32.8 Å². The predicted molar refractivity (Wildman–Crippen MR) is 37.8 cm³/mol. The monoisotopic (exact) mass is 142 g/mol. The molecule has 2 heteroatoms. The second-order valence-corrected chi connectivity index (χ2v) is 3.34. The zero-order chi connectivity index (χ0) is 6.97. The first-order valence-corrected chi connectivity index (χ1v) is 4.21. The van der Waals surface area contributed by atoms with Crippen molar-refractivity contribution in [1.82, 2.24) is 0 Å². The Morgan fingerprint density at radius 1 is 1.10 bits per heavy atom. The minimum Gasteiger partial charge on any atom is -0.390 e. The molecule has 2 rings (SSSR count). The van der Waals surface area contributed by atoms with Crippen LogP contribution in [0.1, 0.15) is 32.1 Å². The van der Waals surface area contributed by atoms with E-state index in [1.54, 1.807) is 0 Å². The van der Waals surface area contributed by atoms with Crippen molar-refractivity contribution in [3.63, 3.8) is 0 Å². The summed E-state index contributed by atoms with van der Waals surface area (Å²) >= 11 is 0. The Bertz CT molecular complexity index is 124. The molecule has 1 saturated heterocycles. The SMILES string of the molecule is O[C@@H]1CCCCC[C@H]2O[C@@H]12. The van der Waals surface area contributed by atoms with Gasteiger partial charge in [-0.05, 0) is 12.8 Å². The Labute approximate surface area is 61.2 Å². The Kier molecular flexibility index (Phi) is 1.66. The summed E-state index contributed by atoms with van der Waals surface area (Å²) in [6.45, 7) is 0. The van der Waals surface area contributed by atoms with E-state index in [1.807, 2.05) is 0 Å². The number of rotatable bonds is 0. The molecule has 2 nitrogen and oxygen atoms in total. The summed E-state index contributed by atoms with van der Waals surface area (Å²) in [5.41, 5.74) is 0. The average molecular weight is 142 g/mol. The number of ether oxygens (including phenoxy) is 1. The fraction of sp³-hybridized carbons (Fsp3) is 1.00. The van der Waals surface area contributed by atoms with Gasteiger partial charge < -0.3 is 9.84 Å². The van der Waals surface area contributed by atoms with Crippen LogP contribution in [0.15, 0.2) is 0 Å². The zero-order valence-corrected chi connectivity index (χ0v) is 6.12. The van der Waals surface area contributed by atoms with Crippen LogP contribution >= 0.6 is 0 Å². The van der Waals surface area contributed by atoms with Crippen molar-refractivity contribution in [2.75, 3.05) is 0 Å². The molecule has 0 bridgehead atoms. The Morgan fingerprint density at radius 2 is 1.90 bits per heavy atom. The van der Waals surface area contributed by atoms with Crippen LogP contribution in [-0.4, -0.2) is 23.4 Å². The number of epoxide rings is 1. The van der Waals surface area contributed by atoms with E-state index in [2.05, 4.69) is 0 Å². The first-order valence-electron chi connectivity index (χ1n) is 4.21. The number of aliphatic hydroxyl groups excluding tert-OH is 1. The molecular weight excluding hydrogens is 128 g/mol. The number of fused-ring (bicyclic) bond motifs is 1. The fourth-order valence-electron chi connectivity index (χ4n) is 1.77. The van der Waals surface area contributed by atoms with Gasteiger partial charge in [-0.3, -0.25) is 0 Å². The van der Waals surface area contributed by atoms with E-state index >= 15 is 0 Å². The fourth-order valence-corrected chi connectivity index (χ4v) is 1.77. The van der Waals surface area contributed by atoms with Crippen LogP contribution in [0.25, 0.3) is 0 Å². The molecular formula is C8H14O2. The Balaban J connectivity index is 1.88. The lowest BCUT2D eigenvalue weighted by Gasteiger charge is -2.09. The van der Waals surface area contributed by atoms with Crippen molar-refractivity contribution in [3.05, 3.63) is 0 Å². The maximum absolute atomic E-state index is 9.40. The highest BCUT2D eigenvalue weighted by atomic mass is 16.6. The second kappa shape index (κ2) is 2.51. The molecule has 1 saturated carbocycles. The van der Waals surface area contributed by atoms with Gasteiger partial charge in [0.2, 0.25) is 0 Å². The van der Waals surface area contributed by atoms with Gasteiger partial charge >= 0.3 is 0 Å². The molecule has 1 N–H and O–H groups in total. The van der Waals surface area contributed by atoms with Crippen LogP contribution in [0.3, 0.4) is 0 Å². The van der Waals surface area contributed by atoms with Crippen molar-refractivity contribution in [3.8, 4) is 0 Å². The van der Waals surface area contributed by atoms with Crippen molar-refractivity contribution < 1.29 is 9.84 Å². The van der Waals surface area contributed by atoms with Crippen LogP contribution in [0.2, 0.25) is 0 Å². The van der Waals surface area contributed by atoms with Gasteiger partial charge in [0.25, 0.3) is 0 Å². The molecule has 58 valence electrons. The Hall–Kier alpha value is -0.0800. The highest BCUT2D eigenvalue weighted by Crippen LogP contribution is 2.34. The minimum atomic E-state index is -0.162. The third-order valence-electron chi connectivity index (χ3n) is 2.49. The largest absolute Gasteiger partial charge is 0.390 e. The Morgan fingerprint density at radius 3 is 2.80 bits per heavy atom. The average Bonchev–Trinajstić information content (AvgIpc) is 2.62. The zero-order valence-electron chi connectivity index (χ0n) is 6.12. The van der Waals surface area contributed by atoms with E-state index in [-0.39, 0.29) is 12.2 Å². The van der Waals surface area contributed by atoms with E-state index in [0.29, 0.717) is 6.10 Å². The maximum Gasteiger partial charge on any atom is 0.110 e. The van der Waals surface area contributed by atoms with Crippen LogP contribution in [0.4, 0.5) is 0 Å². The molecule has 0 radical (unpaired) electrons. The van der Waals surface area contributed by atoms with Crippen LogP contribution in [-0.2, 0) is 4.74 Å². The first kappa shape index (κ1) is 6.62. The second-order valence-electron chi connectivity index (χ2n) is 3.34. The molecule has 10 heavy (non-hydrogen) atoms. The molecule has 2 fully saturated rings. The highest BCUT2D eigenvalue weighted by molar-refractivity contribution is 4.91. The van der Waals surface area contributed by atoms with Gasteiger partial charge in [-0.1, -0.05) is 19.3 Å². The molecule has 0 amide bonds. The lowest BCUT2D eigenvalue weighted by atomic mass is 9.99. The van der Waals surface area contributed by atoms with E-state index in [4.69, 9.17) is 4.74 Å². The summed E-state index contributed by atoms with van der Waals surface area (Å²) in [7, 11) is 0. The number of hydrogen-bond donors (Lipinski definition) is 1. The molecule has 0 aromatic heterocycles. The normalized spacial score (nSPS) is 47.1. The molecule has 3 atom stereocenters. The molecule has 1 aliphatic carbocycles. The van der Waals surface area contributed by atoms with E-state index in [9.17, 15) is 5.11 Å². The quantitative estimate of drug-likeness (QED) is 0.513. The van der Waals surface area contributed by atoms with Gasteiger partial charge in [0.05, 0.1) is 12.2 Å². The molecule has 1 aliphatic heterocycles. The van der Waals surface area contributed by atoms with Crippen LogP contribution in [0.5, 0.6) is 0 Å². The molecule has 1 heterocycles. The smallest absolute Gasteiger partial charge is 0.110 e. The predicted octanol–water partition coefficient (Wildman–Crippen LogP) is 1.08. The molecule has 0 unspecified atom stereocenters. The van der Waals surface area contributed by atoms with Gasteiger partial charge in [0.1, 0.15) is 6.10 Å². The van der Waals surface area contributed by atoms with E-state index in [1.165, 1.54) is 25.7 Å². The maximum atomic E-state index is 9.40. The molecule has 0 aromatic rings. The van der Waals surface area contributed by atoms with Gasteiger partial charge in [-0.25, -0.2) is 0 Å². The van der Waals surface area contributed by atoms with Crippen molar-refractivity contribution >= 4 is 0 Å². The van der Waals surface area contributed by atoms with Crippen LogP contribution in [0, 0.1) is 0 Å². The van der Waals surface area contributed by atoms with Gasteiger partial charge in [0, 0.05) is 0 Å². The summed E-state index contributed by atoms with van der Waals surface area (Å²) in [6.07, 6.45) is 6.30. The number of aliphatic hydroxyl groups is 1. The lowest BCUT2D eigenvalue weighted by molar-refractivity contribution is 0.124. The minimum absolute atomic E-state index is 0.162. The standard InChI is InChI=1S/C8H14O2/c9-6-4-2-1-3-5-7-8(6)10-7/h6-9H,1-5H2/t6-,7-,8+/m1/s1. The molecule has 0 aromatic carbocycles. The summed E-state index contributed by atoms with van der Waals surface area (Å²) < 4.78 is 5.30. The summed E-state index contributed by atoms with van der Waals surface area (Å²) in [4.78, 5) is 0. The summed E-state index contributed by atoms with van der Waals surface area (Å²) in [5, 5.41) is 9.40. The first-order chi connectivity index (χ1) is 4.88. The third-order valence-corrected chi connectivity index (χ3v) is 2.49.